The Kier molecular flexibility index (Phi) is 5.43. The summed E-state index contributed by atoms with van der Waals surface area (Å²) >= 11 is 7.09. The quantitative estimate of drug-likeness (QED) is 0.855. The molecule has 1 amide bonds. The predicted molar refractivity (Wildman–Crippen MR) is 95.2 cm³/mol. The molecule has 3 rings (SSSR count). The molecule has 0 bridgehead atoms. The molecular formula is C17H18ClN3OS. The summed E-state index contributed by atoms with van der Waals surface area (Å²) in [6.45, 7) is 2.90. The summed E-state index contributed by atoms with van der Waals surface area (Å²) in [5.41, 5.74) is 5.00. The number of piperidine rings is 1. The minimum atomic E-state index is -0.193. The number of hydrogen-bond acceptors (Lipinski definition) is 4. The van der Waals surface area contributed by atoms with E-state index in [0.29, 0.717) is 9.21 Å². The molecule has 23 heavy (non-hydrogen) atoms. The van der Waals surface area contributed by atoms with Gasteiger partial charge >= 0.3 is 0 Å². The summed E-state index contributed by atoms with van der Waals surface area (Å²) in [4.78, 5) is 14.9. The van der Waals surface area contributed by atoms with E-state index in [1.165, 1.54) is 16.9 Å². The molecule has 0 aliphatic carbocycles. The smallest absolute Gasteiger partial charge is 0.281 e. The highest BCUT2D eigenvalue weighted by molar-refractivity contribution is 7.17. The van der Waals surface area contributed by atoms with Gasteiger partial charge in [0.1, 0.15) is 0 Å². The summed E-state index contributed by atoms with van der Waals surface area (Å²) in [6, 6.07) is 13.9. The molecule has 1 aromatic carbocycles. The van der Waals surface area contributed by atoms with Gasteiger partial charge in [0.25, 0.3) is 5.91 Å². The minimum Gasteiger partial charge on any atom is -0.298 e. The number of hydrazone groups is 1. The minimum absolute atomic E-state index is 0.193. The monoisotopic (exact) mass is 347 g/mol. The maximum atomic E-state index is 11.9. The first kappa shape index (κ1) is 16.2. The molecule has 6 heteroatoms. The molecule has 0 saturated carbocycles. The number of carbonyl (C=O) groups excluding carboxylic acids is 1. The van der Waals surface area contributed by atoms with Crippen LogP contribution in [0.1, 0.15) is 28.1 Å². The maximum absolute atomic E-state index is 11.9. The second-order valence-electron chi connectivity index (χ2n) is 5.48. The zero-order valence-electron chi connectivity index (χ0n) is 12.7. The molecule has 4 nitrogen and oxygen atoms in total. The second-order valence-corrected chi connectivity index (χ2v) is 7.20. The van der Waals surface area contributed by atoms with Crippen LogP contribution < -0.4 is 5.43 Å². The first-order chi connectivity index (χ1) is 11.2. The van der Waals surface area contributed by atoms with Crippen molar-refractivity contribution in [1.82, 2.24) is 10.3 Å². The standard InChI is InChI=1S/C17H18ClN3OS/c18-16-7-6-15(23-16)17(22)20-19-14-8-10-21(11-9-14)12-13-4-2-1-3-5-13/h1-7H,8-12H2,(H,20,22). The molecule has 1 fully saturated rings. The van der Waals surface area contributed by atoms with Gasteiger partial charge in [-0.05, 0) is 17.7 Å². The summed E-state index contributed by atoms with van der Waals surface area (Å²) in [6.07, 6.45) is 1.77. The zero-order chi connectivity index (χ0) is 16.1. The van der Waals surface area contributed by atoms with Crippen LogP contribution in [0.25, 0.3) is 0 Å². The summed E-state index contributed by atoms with van der Waals surface area (Å²) in [5, 5.41) is 4.26. The van der Waals surface area contributed by atoms with Crippen LogP contribution in [0.5, 0.6) is 0 Å². The van der Waals surface area contributed by atoms with Gasteiger partial charge < -0.3 is 0 Å². The van der Waals surface area contributed by atoms with Crippen molar-refractivity contribution in [2.24, 2.45) is 5.10 Å². The van der Waals surface area contributed by atoms with Crippen molar-refractivity contribution < 1.29 is 4.79 Å². The van der Waals surface area contributed by atoms with Crippen molar-refractivity contribution in [3.05, 3.63) is 57.2 Å². The van der Waals surface area contributed by atoms with Gasteiger partial charge in [-0.15, -0.1) is 11.3 Å². The Bertz CT molecular complexity index is 689. The van der Waals surface area contributed by atoms with Crippen molar-refractivity contribution in [2.75, 3.05) is 13.1 Å². The molecule has 0 spiro atoms. The number of amides is 1. The molecule has 0 radical (unpaired) electrons. The maximum Gasteiger partial charge on any atom is 0.281 e. The third-order valence-electron chi connectivity index (χ3n) is 3.79. The van der Waals surface area contributed by atoms with Crippen LogP contribution in [0.4, 0.5) is 0 Å². The third-order valence-corrected chi connectivity index (χ3v) is 5.02. The first-order valence-electron chi connectivity index (χ1n) is 7.58. The fraction of sp³-hybridized carbons (Fsp3) is 0.294. The Hall–Kier alpha value is -1.69. The molecule has 1 saturated heterocycles. The van der Waals surface area contributed by atoms with E-state index in [-0.39, 0.29) is 5.91 Å². The van der Waals surface area contributed by atoms with E-state index in [1.54, 1.807) is 12.1 Å². The number of rotatable bonds is 4. The number of carbonyl (C=O) groups is 1. The number of halogens is 1. The average molecular weight is 348 g/mol. The molecule has 1 aliphatic rings. The van der Waals surface area contributed by atoms with E-state index < -0.39 is 0 Å². The molecule has 1 N–H and O–H groups in total. The van der Waals surface area contributed by atoms with E-state index in [4.69, 9.17) is 11.6 Å². The number of thiophene rings is 1. The van der Waals surface area contributed by atoms with Gasteiger partial charge in [-0.1, -0.05) is 41.9 Å². The molecule has 2 aromatic rings. The highest BCUT2D eigenvalue weighted by Gasteiger charge is 2.16. The van der Waals surface area contributed by atoms with Crippen LogP contribution in [-0.2, 0) is 6.54 Å². The SMILES string of the molecule is O=C(NN=C1CCN(Cc2ccccc2)CC1)c1ccc(Cl)s1. The van der Waals surface area contributed by atoms with Crippen molar-refractivity contribution in [1.29, 1.82) is 0 Å². The topological polar surface area (TPSA) is 44.7 Å². The number of nitrogens with one attached hydrogen (secondary N) is 1. The van der Waals surface area contributed by atoms with Crippen molar-refractivity contribution in [3.63, 3.8) is 0 Å². The van der Waals surface area contributed by atoms with Crippen molar-refractivity contribution in [2.45, 2.75) is 19.4 Å². The van der Waals surface area contributed by atoms with Crippen LogP contribution >= 0.6 is 22.9 Å². The number of likely N-dealkylation sites (tertiary alicyclic amines) is 1. The zero-order valence-corrected chi connectivity index (χ0v) is 14.2. The van der Waals surface area contributed by atoms with E-state index >= 15 is 0 Å². The Morgan fingerprint density at radius 2 is 1.91 bits per heavy atom. The van der Waals surface area contributed by atoms with E-state index in [2.05, 4.69) is 39.7 Å². The van der Waals surface area contributed by atoms with Gasteiger partial charge in [-0.3, -0.25) is 9.69 Å². The fourth-order valence-corrected chi connectivity index (χ4v) is 3.48. The highest BCUT2D eigenvalue weighted by atomic mass is 35.5. The fourth-order valence-electron chi connectivity index (χ4n) is 2.54. The largest absolute Gasteiger partial charge is 0.298 e. The lowest BCUT2D eigenvalue weighted by atomic mass is 10.1. The lowest BCUT2D eigenvalue weighted by molar-refractivity contribution is 0.0958. The third kappa shape index (κ3) is 4.64. The summed E-state index contributed by atoms with van der Waals surface area (Å²) in [7, 11) is 0. The average Bonchev–Trinajstić information content (AvgIpc) is 3.01. The van der Waals surface area contributed by atoms with Crippen LogP contribution in [0.3, 0.4) is 0 Å². The number of benzene rings is 1. The molecular weight excluding hydrogens is 330 g/mol. The van der Waals surface area contributed by atoms with Gasteiger partial charge in [0.15, 0.2) is 0 Å². The first-order valence-corrected chi connectivity index (χ1v) is 8.77. The highest BCUT2D eigenvalue weighted by Crippen LogP contribution is 2.21. The van der Waals surface area contributed by atoms with Gasteiger partial charge in [0.2, 0.25) is 0 Å². The molecule has 1 aromatic heterocycles. The van der Waals surface area contributed by atoms with Gasteiger partial charge in [-0.2, -0.15) is 5.10 Å². The van der Waals surface area contributed by atoms with Gasteiger partial charge in [0.05, 0.1) is 9.21 Å². The Morgan fingerprint density at radius 3 is 2.57 bits per heavy atom. The lowest BCUT2D eigenvalue weighted by Gasteiger charge is -2.27. The van der Waals surface area contributed by atoms with E-state index in [1.807, 2.05) is 6.07 Å². The normalized spacial score (nSPS) is 15.4. The Morgan fingerprint density at radius 1 is 1.17 bits per heavy atom. The lowest BCUT2D eigenvalue weighted by Crippen LogP contribution is -2.34. The van der Waals surface area contributed by atoms with Crippen LogP contribution in [0, 0.1) is 0 Å². The molecule has 1 aliphatic heterocycles. The van der Waals surface area contributed by atoms with Crippen molar-refractivity contribution in [3.8, 4) is 0 Å². The van der Waals surface area contributed by atoms with Gasteiger partial charge in [0, 0.05) is 38.2 Å². The summed E-state index contributed by atoms with van der Waals surface area (Å²) < 4.78 is 0.608. The second kappa shape index (κ2) is 7.73. The molecule has 2 heterocycles. The number of hydrogen-bond donors (Lipinski definition) is 1. The van der Waals surface area contributed by atoms with Crippen molar-refractivity contribution >= 4 is 34.6 Å². The molecule has 0 unspecified atom stereocenters. The van der Waals surface area contributed by atoms with Crippen LogP contribution in [0.2, 0.25) is 4.34 Å². The van der Waals surface area contributed by atoms with E-state index in [0.717, 1.165) is 38.2 Å². The predicted octanol–water partition coefficient (Wildman–Crippen LogP) is 3.78. The van der Waals surface area contributed by atoms with Gasteiger partial charge in [-0.25, -0.2) is 5.43 Å². The van der Waals surface area contributed by atoms with Crippen LogP contribution in [-0.4, -0.2) is 29.6 Å². The molecule has 0 atom stereocenters. The number of nitrogens with zero attached hydrogens (tertiary/aromatic N) is 2. The summed E-state index contributed by atoms with van der Waals surface area (Å²) in [5.74, 6) is -0.193. The van der Waals surface area contributed by atoms with E-state index in [9.17, 15) is 4.79 Å². The van der Waals surface area contributed by atoms with Crippen LogP contribution in [0.15, 0.2) is 47.6 Å². The molecule has 120 valence electrons. The Balaban J connectivity index is 1.47. The Labute approximate surface area is 144 Å².